The molecule has 1 aliphatic rings. The fourth-order valence-corrected chi connectivity index (χ4v) is 1.45. The van der Waals surface area contributed by atoms with E-state index >= 15 is 0 Å². The third kappa shape index (κ3) is 2.01. The number of nitrogens with zero attached hydrogens (tertiary/aromatic N) is 1. The van der Waals surface area contributed by atoms with Gasteiger partial charge in [0.2, 0.25) is 5.90 Å². The van der Waals surface area contributed by atoms with Crippen LogP contribution in [0, 0.1) is 0 Å². The Morgan fingerprint density at radius 1 is 1.38 bits per heavy atom. The molecule has 0 amide bonds. The molecular weight excluding hydrogens is 186 g/mol. The van der Waals surface area contributed by atoms with Gasteiger partial charge in [-0.15, -0.1) is 0 Å². The minimum atomic E-state index is 0.716. The molecule has 0 fully saturated rings. The summed E-state index contributed by atoms with van der Waals surface area (Å²) in [6.07, 6.45) is 1.00. The van der Waals surface area contributed by atoms with Gasteiger partial charge in [0, 0.05) is 23.6 Å². The second kappa shape index (κ2) is 3.79. The Labute approximate surface area is 82.2 Å². The van der Waals surface area contributed by atoms with Crippen LogP contribution < -0.4 is 0 Å². The summed E-state index contributed by atoms with van der Waals surface area (Å²) in [7, 11) is 0. The Hall–Kier alpha value is -1.02. The van der Waals surface area contributed by atoms with Gasteiger partial charge in [-0.3, -0.25) is 4.99 Å². The van der Waals surface area contributed by atoms with Gasteiger partial charge in [0.05, 0.1) is 6.61 Å². The summed E-state index contributed by atoms with van der Waals surface area (Å²) in [5.41, 5.74) is 0.965. The summed E-state index contributed by atoms with van der Waals surface area (Å²) >= 11 is 5.85. The summed E-state index contributed by atoms with van der Waals surface area (Å²) in [6, 6.07) is 7.56. The Morgan fingerprint density at radius 3 is 3.00 bits per heavy atom. The maximum Gasteiger partial charge on any atom is 0.216 e. The lowest BCUT2D eigenvalue weighted by atomic mass is 10.2. The highest BCUT2D eigenvalue weighted by Gasteiger charge is 2.08. The molecule has 0 unspecified atom stereocenters. The van der Waals surface area contributed by atoms with Crippen molar-refractivity contribution in [2.45, 2.75) is 6.42 Å². The summed E-state index contributed by atoms with van der Waals surface area (Å²) in [6.45, 7) is 1.60. The topological polar surface area (TPSA) is 21.6 Å². The average molecular weight is 196 g/mol. The third-order valence-electron chi connectivity index (χ3n) is 1.87. The van der Waals surface area contributed by atoms with Crippen LogP contribution in [0.1, 0.15) is 12.0 Å². The van der Waals surface area contributed by atoms with Crippen LogP contribution in [-0.4, -0.2) is 19.0 Å². The maximum atomic E-state index is 5.85. The van der Waals surface area contributed by atoms with Gasteiger partial charge < -0.3 is 4.74 Å². The molecule has 13 heavy (non-hydrogen) atoms. The SMILES string of the molecule is Clc1cccc(C2=NCCCO2)c1. The van der Waals surface area contributed by atoms with Gasteiger partial charge in [0.15, 0.2) is 0 Å². The van der Waals surface area contributed by atoms with Gasteiger partial charge in [-0.25, -0.2) is 0 Å². The molecule has 0 aromatic heterocycles. The number of rotatable bonds is 1. The van der Waals surface area contributed by atoms with E-state index in [4.69, 9.17) is 16.3 Å². The number of benzene rings is 1. The van der Waals surface area contributed by atoms with E-state index in [2.05, 4.69) is 4.99 Å². The average Bonchev–Trinajstić information content (AvgIpc) is 2.19. The van der Waals surface area contributed by atoms with Crippen LogP contribution in [0.4, 0.5) is 0 Å². The molecule has 0 saturated heterocycles. The molecular formula is C10H10ClNO. The standard InChI is InChI=1S/C10H10ClNO/c11-9-4-1-3-8(7-9)10-12-5-2-6-13-10/h1,3-4,7H,2,5-6H2. The molecule has 0 radical (unpaired) electrons. The largest absolute Gasteiger partial charge is 0.477 e. The van der Waals surface area contributed by atoms with E-state index in [1.165, 1.54) is 0 Å². The van der Waals surface area contributed by atoms with E-state index in [-0.39, 0.29) is 0 Å². The first-order valence-electron chi connectivity index (χ1n) is 4.29. The molecule has 2 rings (SSSR count). The van der Waals surface area contributed by atoms with Crippen molar-refractivity contribution in [3.63, 3.8) is 0 Å². The zero-order valence-electron chi connectivity index (χ0n) is 7.16. The Balaban J connectivity index is 2.29. The van der Waals surface area contributed by atoms with E-state index in [0.29, 0.717) is 5.90 Å². The highest BCUT2D eigenvalue weighted by atomic mass is 35.5. The van der Waals surface area contributed by atoms with Gasteiger partial charge in [0.1, 0.15) is 0 Å². The summed E-state index contributed by atoms with van der Waals surface area (Å²) in [5.74, 6) is 0.716. The van der Waals surface area contributed by atoms with E-state index < -0.39 is 0 Å². The number of ether oxygens (including phenoxy) is 1. The lowest BCUT2D eigenvalue weighted by molar-refractivity contribution is 0.284. The molecule has 1 heterocycles. The van der Waals surface area contributed by atoms with E-state index in [1.54, 1.807) is 0 Å². The molecule has 2 nitrogen and oxygen atoms in total. The van der Waals surface area contributed by atoms with Crippen LogP contribution in [0.3, 0.4) is 0 Å². The van der Waals surface area contributed by atoms with Gasteiger partial charge in [-0.1, -0.05) is 17.7 Å². The molecule has 68 valence electrons. The third-order valence-corrected chi connectivity index (χ3v) is 2.10. The lowest BCUT2D eigenvalue weighted by Gasteiger charge is -2.13. The van der Waals surface area contributed by atoms with Crippen molar-refractivity contribution in [1.29, 1.82) is 0 Å². The lowest BCUT2D eigenvalue weighted by Crippen LogP contribution is -2.14. The number of aliphatic imine (C=N–C) groups is 1. The van der Waals surface area contributed by atoms with E-state index in [1.807, 2.05) is 24.3 Å². The monoisotopic (exact) mass is 195 g/mol. The Morgan fingerprint density at radius 2 is 2.31 bits per heavy atom. The van der Waals surface area contributed by atoms with Gasteiger partial charge >= 0.3 is 0 Å². The fraction of sp³-hybridized carbons (Fsp3) is 0.300. The summed E-state index contributed by atoms with van der Waals surface area (Å²) < 4.78 is 5.41. The second-order valence-corrected chi connectivity index (χ2v) is 3.34. The van der Waals surface area contributed by atoms with Crippen molar-refractivity contribution in [2.24, 2.45) is 4.99 Å². The highest BCUT2D eigenvalue weighted by molar-refractivity contribution is 6.30. The Bertz CT molecular complexity index is 335. The van der Waals surface area contributed by atoms with Crippen molar-refractivity contribution in [2.75, 3.05) is 13.2 Å². The first-order valence-corrected chi connectivity index (χ1v) is 4.67. The van der Waals surface area contributed by atoms with Crippen molar-refractivity contribution >= 4 is 17.5 Å². The first kappa shape index (κ1) is 8.57. The molecule has 0 saturated carbocycles. The number of hydrogen-bond acceptors (Lipinski definition) is 2. The molecule has 0 spiro atoms. The molecule has 0 aliphatic carbocycles. The zero-order chi connectivity index (χ0) is 9.10. The summed E-state index contributed by atoms with van der Waals surface area (Å²) in [5, 5.41) is 0.717. The molecule has 3 heteroatoms. The summed E-state index contributed by atoms with van der Waals surface area (Å²) in [4.78, 5) is 4.28. The predicted octanol–water partition coefficient (Wildman–Crippen LogP) is 2.51. The molecule has 1 aromatic rings. The van der Waals surface area contributed by atoms with Crippen molar-refractivity contribution < 1.29 is 4.74 Å². The maximum absolute atomic E-state index is 5.85. The van der Waals surface area contributed by atoms with Crippen LogP contribution in [0.25, 0.3) is 0 Å². The van der Waals surface area contributed by atoms with Crippen molar-refractivity contribution in [1.82, 2.24) is 0 Å². The van der Waals surface area contributed by atoms with Crippen LogP contribution in [-0.2, 0) is 4.74 Å². The minimum absolute atomic E-state index is 0.716. The smallest absolute Gasteiger partial charge is 0.216 e. The quantitative estimate of drug-likeness (QED) is 0.675. The molecule has 0 N–H and O–H groups in total. The first-order chi connectivity index (χ1) is 6.36. The minimum Gasteiger partial charge on any atom is -0.477 e. The van der Waals surface area contributed by atoms with Gasteiger partial charge in [0.25, 0.3) is 0 Å². The predicted molar refractivity (Wildman–Crippen MR) is 53.4 cm³/mol. The van der Waals surface area contributed by atoms with Crippen LogP contribution in [0.5, 0.6) is 0 Å². The van der Waals surface area contributed by atoms with Crippen LogP contribution in [0.2, 0.25) is 5.02 Å². The molecule has 0 bridgehead atoms. The van der Waals surface area contributed by atoms with Crippen molar-refractivity contribution in [3.8, 4) is 0 Å². The zero-order valence-corrected chi connectivity index (χ0v) is 7.92. The van der Waals surface area contributed by atoms with E-state index in [0.717, 1.165) is 30.2 Å². The van der Waals surface area contributed by atoms with Crippen LogP contribution >= 0.6 is 11.6 Å². The molecule has 1 aliphatic heterocycles. The Kier molecular flexibility index (Phi) is 2.50. The normalized spacial score (nSPS) is 16.2. The number of hydrogen-bond donors (Lipinski definition) is 0. The highest BCUT2D eigenvalue weighted by Crippen LogP contribution is 2.13. The molecule has 0 atom stereocenters. The fourth-order valence-electron chi connectivity index (χ4n) is 1.26. The van der Waals surface area contributed by atoms with E-state index in [9.17, 15) is 0 Å². The van der Waals surface area contributed by atoms with Crippen LogP contribution in [0.15, 0.2) is 29.3 Å². The van der Waals surface area contributed by atoms with Gasteiger partial charge in [-0.05, 0) is 18.2 Å². The second-order valence-electron chi connectivity index (χ2n) is 2.90. The van der Waals surface area contributed by atoms with Gasteiger partial charge in [-0.2, -0.15) is 0 Å². The molecule has 1 aromatic carbocycles. The number of halogens is 1. The van der Waals surface area contributed by atoms with Crippen molar-refractivity contribution in [3.05, 3.63) is 34.9 Å².